The van der Waals surface area contributed by atoms with Gasteiger partial charge >= 0.3 is 0 Å². The molecule has 3 heterocycles. The highest BCUT2D eigenvalue weighted by Gasteiger charge is 2.31. The molecule has 4 nitrogen and oxygen atoms in total. The van der Waals surface area contributed by atoms with Crippen LogP contribution in [-0.4, -0.2) is 42.0 Å². The molecule has 1 atom stereocenters. The Kier molecular flexibility index (Phi) is 3.90. The van der Waals surface area contributed by atoms with E-state index >= 15 is 0 Å². The lowest BCUT2D eigenvalue weighted by molar-refractivity contribution is -0.135. The van der Waals surface area contributed by atoms with Gasteiger partial charge in [-0.25, -0.2) is 0 Å². The fourth-order valence-corrected chi connectivity index (χ4v) is 3.33. The van der Waals surface area contributed by atoms with Gasteiger partial charge in [-0.1, -0.05) is 6.92 Å². The Balaban J connectivity index is 1.55. The van der Waals surface area contributed by atoms with Crippen LogP contribution in [0, 0.1) is 11.8 Å². The third-order valence-electron chi connectivity index (χ3n) is 4.61. The van der Waals surface area contributed by atoms with Crippen LogP contribution in [0.2, 0.25) is 0 Å². The lowest BCUT2D eigenvalue weighted by Gasteiger charge is -2.34. The number of rotatable bonds is 2. The van der Waals surface area contributed by atoms with Crippen LogP contribution in [0.5, 0.6) is 0 Å². The Bertz CT molecular complexity index is 454. The lowest BCUT2D eigenvalue weighted by atomic mass is 9.95. The van der Waals surface area contributed by atoms with Gasteiger partial charge in [-0.2, -0.15) is 0 Å². The fraction of sp³-hybridized carbons (Fsp3) is 0.625. The predicted molar refractivity (Wildman–Crippen MR) is 79.5 cm³/mol. The molecule has 0 radical (unpaired) electrons. The Hall–Kier alpha value is -1.58. The van der Waals surface area contributed by atoms with Crippen molar-refractivity contribution >= 4 is 11.6 Å². The zero-order valence-corrected chi connectivity index (χ0v) is 12.2. The molecule has 1 aromatic rings. The van der Waals surface area contributed by atoms with Crippen LogP contribution in [-0.2, 0) is 4.79 Å². The van der Waals surface area contributed by atoms with Gasteiger partial charge < -0.3 is 9.80 Å². The molecule has 1 aromatic heterocycles. The Labute approximate surface area is 120 Å². The minimum Gasteiger partial charge on any atom is -0.371 e. The number of piperidine rings is 1. The Morgan fingerprint density at radius 2 is 1.85 bits per heavy atom. The molecule has 0 aromatic carbocycles. The van der Waals surface area contributed by atoms with Crippen molar-refractivity contribution in [1.82, 2.24) is 9.88 Å². The minimum atomic E-state index is 0.235. The Morgan fingerprint density at radius 1 is 1.15 bits per heavy atom. The highest BCUT2D eigenvalue weighted by molar-refractivity contribution is 5.79. The maximum absolute atomic E-state index is 12.5. The van der Waals surface area contributed by atoms with Crippen LogP contribution in [0.4, 0.5) is 5.69 Å². The van der Waals surface area contributed by atoms with E-state index in [1.165, 1.54) is 12.1 Å². The lowest BCUT2D eigenvalue weighted by Crippen LogP contribution is -2.41. The third kappa shape index (κ3) is 2.79. The molecule has 2 aliphatic rings. The zero-order valence-electron chi connectivity index (χ0n) is 12.2. The highest BCUT2D eigenvalue weighted by atomic mass is 16.2. The van der Waals surface area contributed by atoms with Gasteiger partial charge in [0.2, 0.25) is 5.91 Å². The molecule has 0 saturated carbocycles. The summed E-state index contributed by atoms with van der Waals surface area (Å²) in [4.78, 5) is 21.0. The number of aromatic nitrogens is 1. The molecule has 20 heavy (non-hydrogen) atoms. The normalized spacial score (nSPS) is 24.1. The highest BCUT2D eigenvalue weighted by Crippen LogP contribution is 2.26. The van der Waals surface area contributed by atoms with Crippen molar-refractivity contribution in [3.63, 3.8) is 0 Å². The quantitative estimate of drug-likeness (QED) is 0.828. The molecule has 3 rings (SSSR count). The van der Waals surface area contributed by atoms with E-state index in [0.717, 1.165) is 39.0 Å². The van der Waals surface area contributed by atoms with Gasteiger partial charge in [-0.05, 0) is 37.3 Å². The first kappa shape index (κ1) is 13.4. The van der Waals surface area contributed by atoms with Crippen molar-refractivity contribution in [2.24, 2.45) is 11.8 Å². The smallest absolute Gasteiger partial charge is 0.225 e. The first-order chi connectivity index (χ1) is 9.74. The van der Waals surface area contributed by atoms with E-state index in [1.807, 2.05) is 24.5 Å². The van der Waals surface area contributed by atoms with E-state index < -0.39 is 0 Å². The van der Waals surface area contributed by atoms with E-state index in [-0.39, 0.29) is 5.92 Å². The summed E-state index contributed by atoms with van der Waals surface area (Å²) in [6.07, 6.45) is 6.79. The summed E-state index contributed by atoms with van der Waals surface area (Å²) in [6.45, 7) is 6.11. The van der Waals surface area contributed by atoms with Crippen molar-refractivity contribution in [2.45, 2.75) is 26.2 Å². The second-order valence-electron chi connectivity index (χ2n) is 6.14. The van der Waals surface area contributed by atoms with Crippen molar-refractivity contribution in [3.8, 4) is 0 Å². The standard InChI is InChI=1S/C16H23N3O/c1-13-4-9-19(12-13)16(20)14-5-10-18(11-6-14)15-2-7-17-8-3-15/h2-3,7-8,13-14H,4-6,9-12H2,1H3. The van der Waals surface area contributed by atoms with Crippen LogP contribution < -0.4 is 4.90 Å². The molecular weight excluding hydrogens is 250 g/mol. The number of carbonyl (C=O) groups excluding carboxylic acids is 1. The zero-order chi connectivity index (χ0) is 13.9. The van der Waals surface area contributed by atoms with E-state index in [2.05, 4.69) is 21.7 Å². The second-order valence-corrected chi connectivity index (χ2v) is 6.14. The topological polar surface area (TPSA) is 36.4 Å². The largest absolute Gasteiger partial charge is 0.371 e. The van der Waals surface area contributed by atoms with Gasteiger partial charge in [-0.15, -0.1) is 0 Å². The van der Waals surface area contributed by atoms with E-state index in [9.17, 15) is 4.79 Å². The Morgan fingerprint density at radius 3 is 2.45 bits per heavy atom. The van der Waals surface area contributed by atoms with Crippen LogP contribution in [0.15, 0.2) is 24.5 Å². The van der Waals surface area contributed by atoms with Gasteiger partial charge in [0.25, 0.3) is 0 Å². The molecule has 0 aliphatic carbocycles. The summed E-state index contributed by atoms with van der Waals surface area (Å²) in [5.74, 6) is 1.30. The first-order valence-corrected chi connectivity index (χ1v) is 7.68. The molecular formula is C16H23N3O. The molecule has 2 fully saturated rings. The SMILES string of the molecule is CC1CCN(C(=O)C2CCN(c3ccncc3)CC2)C1. The number of anilines is 1. The maximum atomic E-state index is 12.5. The van der Waals surface area contributed by atoms with Gasteiger partial charge in [-0.3, -0.25) is 9.78 Å². The minimum absolute atomic E-state index is 0.235. The number of likely N-dealkylation sites (tertiary alicyclic amines) is 1. The molecule has 4 heteroatoms. The first-order valence-electron chi connectivity index (χ1n) is 7.68. The van der Waals surface area contributed by atoms with E-state index in [1.54, 1.807) is 0 Å². The molecule has 1 amide bonds. The molecule has 2 saturated heterocycles. The summed E-state index contributed by atoms with van der Waals surface area (Å²) in [5.41, 5.74) is 1.22. The van der Waals surface area contributed by atoms with Crippen LogP contribution in [0.3, 0.4) is 0 Å². The monoisotopic (exact) mass is 273 g/mol. The molecule has 0 bridgehead atoms. The second kappa shape index (κ2) is 5.81. The average molecular weight is 273 g/mol. The van der Waals surface area contributed by atoms with Gasteiger partial charge in [0, 0.05) is 50.2 Å². The third-order valence-corrected chi connectivity index (χ3v) is 4.61. The fourth-order valence-electron chi connectivity index (χ4n) is 3.33. The van der Waals surface area contributed by atoms with Gasteiger partial charge in [0.1, 0.15) is 0 Å². The van der Waals surface area contributed by atoms with Crippen molar-refractivity contribution in [2.75, 3.05) is 31.1 Å². The number of amides is 1. The molecule has 2 aliphatic heterocycles. The number of pyridine rings is 1. The molecule has 0 spiro atoms. The van der Waals surface area contributed by atoms with Gasteiger partial charge in [0.05, 0.1) is 0 Å². The van der Waals surface area contributed by atoms with Crippen molar-refractivity contribution in [3.05, 3.63) is 24.5 Å². The van der Waals surface area contributed by atoms with Crippen LogP contribution in [0.25, 0.3) is 0 Å². The summed E-state index contributed by atoms with van der Waals surface area (Å²) in [7, 11) is 0. The molecule has 1 unspecified atom stereocenters. The van der Waals surface area contributed by atoms with E-state index in [4.69, 9.17) is 0 Å². The van der Waals surface area contributed by atoms with Crippen molar-refractivity contribution < 1.29 is 4.79 Å². The average Bonchev–Trinajstić information content (AvgIpc) is 2.94. The number of hydrogen-bond donors (Lipinski definition) is 0. The van der Waals surface area contributed by atoms with Crippen molar-refractivity contribution in [1.29, 1.82) is 0 Å². The number of carbonyl (C=O) groups is 1. The summed E-state index contributed by atoms with van der Waals surface area (Å²) in [5, 5.41) is 0. The predicted octanol–water partition coefficient (Wildman–Crippen LogP) is 2.17. The maximum Gasteiger partial charge on any atom is 0.225 e. The van der Waals surface area contributed by atoms with E-state index in [0.29, 0.717) is 11.8 Å². The summed E-state index contributed by atoms with van der Waals surface area (Å²) in [6, 6.07) is 4.09. The molecule has 0 N–H and O–H groups in total. The van der Waals surface area contributed by atoms with Gasteiger partial charge in [0.15, 0.2) is 0 Å². The molecule has 108 valence electrons. The van der Waals surface area contributed by atoms with Crippen LogP contribution in [0.1, 0.15) is 26.2 Å². The number of nitrogens with zero attached hydrogens (tertiary/aromatic N) is 3. The summed E-state index contributed by atoms with van der Waals surface area (Å²) >= 11 is 0. The summed E-state index contributed by atoms with van der Waals surface area (Å²) < 4.78 is 0. The van der Waals surface area contributed by atoms with Crippen LogP contribution >= 0.6 is 0 Å². The number of hydrogen-bond acceptors (Lipinski definition) is 3.